The van der Waals surface area contributed by atoms with E-state index in [0.717, 1.165) is 31.6 Å². The van der Waals surface area contributed by atoms with E-state index in [4.69, 9.17) is 11.2 Å². The van der Waals surface area contributed by atoms with Crippen molar-refractivity contribution < 1.29 is 20.8 Å². The van der Waals surface area contributed by atoms with Gasteiger partial charge in [-0.1, -0.05) is 18.2 Å². The third-order valence-corrected chi connectivity index (χ3v) is 5.87. The summed E-state index contributed by atoms with van der Waals surface area (Å²) in [5, 5.41) is 8.75. The Bertz CT molecular complexity index is 942. The maximum absolute atomic E-state index is 13.4. The average Bonchev–Trinajstić information content (AvgIpc) is 3.36. The zero-order valence-corrected chi connectivity index (χ0v) is 19.7. The van der Waals surface area contributed by atoms with Crippen molar-refractivity contribution in [1.82, 2.24) is 4.90 Å². The van der Waals surface area contributed by atoms with Crippen molar-refractivity contribution >= 4 is 17.6 Å². The van der Waals surface area contributed by atoms with Gasteiger partial charge in [-0.2, -0.15) is 0 Å². The van der Waals surface area contributed by atoms with Crippen LogP contribution in [0.15, 0.2) is 48.5 Å². The number of carbonyl (C=O) groups excluding carboxylic acids is 1. The summed E-state index contributed by atoms with van der Waals surface area (Å²) in [6, 6.07) is 14.9. The molecule has 178 valence electrons. The van der Waals surface area contributed by atoms with E-state index in [-0.39, 0.29) is 18.4 Å². The van der Waals surface area contributed by atoms with Crippen molar-refractivity contribution in [3.05, 3.63) is 59.7 Å². The Balaban J connectivity index is 1.68. The predicted molar refractivity (Wildman–Crippen MR) is 131 cm³/mol. The molecule has 0 bridgehead atoms. The molecule has 0 aromatic heterocycles. The van der Waals surface area contributed by atoms with Gasteiger partial charge in [0.2, 0.25) is 0 Å². The molecule has 1 amide bonds. The standard InChI is InChI=1S/C27H36N2O4/c1-21(2)29(27(32)22-13-15-24(16-14-22)28-17-7-8-18-28)20-23-10-5-6-11-25(23)33-19-9-3-4-12-26(30)31/h5-6,10-11,13-16,21H,3-4,7-9,12,17-20H2,1-2H3,(H,30,31)/i20D. The molecule has 1 heterocycles. The Labute approximate surface area is 198 Å². The monoisotopic (exact) mass is 453 g/mol. The Morgan fingerprint density at radius 2 is 1.76 bits per heavy atom. The minimum atomic E-state index is -0.908. The fourth-order valence-corrected chi connectivity index (χ4v) is 3.99. The lowest BCUT2D eigenvalue weighted by molar-refractivity contribution is -0.137. The van der Waals surface area contributed by atoms with Gasteiger partial charge < -0.3 is 19.6 Å². The summed E-state index contributed by atoms with van der Waals surface area (Å²) in [6.07, 6.45) is 4.69. The first-order valence-electron chi connectivity index (χ1n) is 12.5. The largest absolute Gasteiger partial charge is 0.493 e. The van der Waals surface area contributed by atoms with Crippen LogP contribution < -0.4 is 9.64 Å². The van der Waals surface area contributed by atoms with Crippen LogP contribution in [0.4, 0.5) is 5.69 Å². The SMILES string of the molecule is [2H]C(c1ccccc1OCCCCCC(=O)O)N(C(=O)c1ccc(N2CCCC2)cc1)C(C)C. The quantitative estimate of drug-likeness (QED) is 0.438. The Morgan fingerprint density at radius 1 is 1.06 bits per heavy atom. The third kappa shape index (κ3) is 7.24. The van der Waals surface area contributed by atoms with Crippen LogP contribution in [0, 0.1) is 0 Å². The molecule has 1 aliphatic heterocycles. The summed E-state index contributed by atoms with van der Waals surface area (Å²) in [5.41, 5.74) is 2.35. The zero-order chi connectivity index (χ0) is 24.5. The highest BCUT2D eigenvalue weighted by molar-refractivity contribution is 5.94. The van der Waals surface area contributed by atoms with Gasteiger partial charge in [-0.15, -0.1) is 0 Å². The molecule has 0 aliphatic carbocycles. The van der Waals surface area contributed by atoms with Crippen molar-refractivity contribution in [3.63, 3.8) is 0 Å². The summed E-state index contributed by atoms with van der Waals surface area (Å²) in [7, 11) is 0. The van der Waals surface area contributed by atoms with Crippen molar-refractivity contribution in [2.24, 2.45) is 0 Å². The van der Waals surface area contributed by atoms with Gasteiger partial charge in [-0.25, -0.2) is 0 Å². The van der Waals surface area contributed by atoms with Crippen LogP contribution in [0.25, 0.3) is 0 Å². The number of hydrogen-bond donors (Lipinski definition) is 1. The van der Waals surface area contributed by atoms with Crippen molar-refractivity contribution in [2.75, 3.05) is 24.6 Å². The first-order valence-corrected chi connectivity index (χ1v) is 11.9. The van der Waals surface area contributed by atoms with E-state index in [2.05, 4.69) is 4.90 Å². The number of nitrogens with zero attached hydrogens (tertiary/aromatic N) is 2. The molecule has 0 spiro atoms. The number of carbonyl (C=O) groups is 2. The second-order valence-corrected chi connectivity index (χ2v) is 8.77. The molecule has 6 heteroatoms. The molecular formula is C27H36N2O4. The number of carboxylic acid groups (broad SMARTS) is 1. The van der Waals surface area contributed by atoms with E-state index in [9.17, 15) is 9.59 Å². The zero-order valence-electron chi connectivity index (χ0n) is 20.7. The maximum atomic E-state index is 13.4. The lowest BCUT2D eigenvalue weighted by Crippen LogP contribution is -2.36. The second-order valence-electron chi connectivity index (χ2n) is 8.77. The molecular weight excluding hydrogens is 416 g/mol. The summed E-state index contributed by atoms with van der Waals surface area (Å²) in [6.45, 7) is 5.48. The summed E-state index contributed by atoms with van der Waals surface area (Å²) >= 11 is 0. The number of aliphatic carboxylic acids is 1. The molecule has 2 aromatic carbocycles. The van der Waals surface area contributed by atoms with E-state index in [1.165, 1.54) is 12.8 Å². The molecule has 1 N–H and O–H groups in total. The van der Waals surface area contributed by atoms with E-state index < -0.39 is 12.5 Å². The third-order valence-electron chi connectivity index (χ3n) is 5.87. The van der Waals surface area contributed by atoms with E-state index >= 15 is 0 Å². The normalized spacial score (nSPS) is 14.8. The van der Waals surface area contributed by atoms with Gasteiger partial charge in [0.15, 0.2) is 0 Å². The molecule has 1 saturated heterocycles. The van der Waals surface area contributed by atoms with Gasteiger partial charge >= 0.3 is 5.97 Å². The smallest absolute Gasteiger partial charge is 0.303 e. The summed E-state index contributed by atoms with van der Waals surface area (Å²) in [4.78, 5) is 28.0. The van der Waals surface area contributed by atoms with Crippen LogP contribution in [-0.4, -0.2) is 47.6 Å². The first kappa shape index (κ1) is 23.1. The van der Waals surface area contributed by atoms with Gasteiger partial charge in [0.25, 0.3) is 5.91 Å². The molecule has 1 aliphatic rings. The maximum Gasteiger partial charge on any atom is 0.303 e. The minimum absolute atomic E-state index is 0.163. The lowest BCUT2D eigenvalue weighted by atomic mass is 10.1. The van der Waals surface area contributed by atoms with Crippen LogP contribution >= 0.6 is 0 Å². The van der Waals surface area contributed by atoms with Crippen LogP contribution in [0.1, 0.15) is 69.7 Å². The van der Waals surface area contributed by atoms with Crippen LogP contribution in [0.3, 0.4) is 0 Å². The van der Waals surface area contributed by atoms with Crippen LogP contribution in [0.2, 0.25) is 0 Å². The molecule has 1 unspecified atom stereocenters. The highest BCUT2D eigenvalue weighted by atomic mass is 16.5. The molecule has 3 rings (SSSR count). The molecule has 2 aromatic rings. The lowest BCUT2D eigenvalue weighted by Gasteiger charge is -2.28. The Morgan fingerprint density at radius 3 is 2.42 bits per heavy atom. The highest BCUT2D eigenvalue weighted by Gasteiger charge is 2.21. The first-order chi connectivity index (χ1) is 16.4. The number of rotatable bonds is 12. The topological polar surface area (TPSA) is 70.1 Å². The van der Waals surface area contributed by atoms with Gasteiger partial charge in [0, 0.05) is 48.9 Å². The number of benzene rings is 2. The van der Waals surface area contributed by atoms with E-state index in [1.54, 1.807) is 4.90 Å². The fraction of sp³-hybridized carbons (Fsp3) is 0.481. The molecule has 0 saturated carbocycles. The van der Waals surface area contributed by atoms with Gasteiger partial charge in [0.05, 0.1) is 7.98 Å². The molecule has 1 atom stereocenters. The highest BCUT2D eigenvalue weighted by Crippen LogP contribution is 2.24. The second kappa shape index (κ2) is 12.3. The van der Waals surface area contributed by atoms with Crippen LogP contribution in [-0.2, 0) is 11.3 Å². The van der Waals surface area contributed by atoms with Gasteiger partial charge in [0.1, 0.15) is 5.75 Å². The number of para-hydroxylation sites is 1. The Hall–Kier alpha value is -3.02. The van der Waals surface area contributed by atoms with E-state index in [0.29, 0.717) is 29.9 Å². The number of carboxylic acids is 1. The van der Waals surface area contributed by atoms with Gasteiger partial charge in [-0.3, -0.25) is 9.59 Å². The molecule has 1 fully saturated rings. The van der Waals surface area contributed by atoms with Crippen molar-refractivity contribution in [3.8, 4) is 5.75 Å². The van der Waals surface area contributed by atoms with Crippen molar-refractivity contribution in [1.29, 1.82) is 0 Å². The fourth-order valence-electron chi connectivity index (χ4n) is 3.99. The summed E-state index contributed by atoms with van der Waals surface area (Å²) in [5.74, 6) is -0.373. The van der Waals surface area contributed by atoms with E-state index in [1.807, 2.05) is 62.4 Å². The van der Waals surface area contributed by atoms with Gasteiger partial charge in [-0.05, 0) is 76.3 Å². The molecule has 33 heavy (non-hydrogen) atoms. The number of ether oxygens (including phenoxy) is 1. The summed E-state index contributed by atoms with van der Waals surface area (Å²) < 4.78 is 14.9. The number of hydrogen-bond acceptors (Lipinski definition) is 4. The van der Waals surface area contributed by atoms with Crippen LogP contribution in [0.5, 0.6) is 5.75 Å². The molecule has 0 radical (unpaired) electrons. The number of amides is 1. The number of unbranched alkanes of at least 4 members (excludes halogenated alkanes) is 2. The van der Waals surface area contributed by atoms with Crippen molar-refractivity contribution in [2.45, 2.75) is 64.9 Å². The average molecular weight is 454 g/mol. The molecule has 6 nitrogen and oxygen atoms in total. The number of anilines is 1. The Kier molecular flexibility index (Phi) is 8.62. The minimum Gasteiger partial charge on any atom is -0.493 e. The predicted octanol–water partition coefficient (Wildman–Crippen LogP) is 5.36.